The molecule has 0 saturated carbocycles. The summed E-state index contributed by atoms with van der Waals surface area (Å²) in [6.07, 6.45) is 1.86. The molecule has 2 aromatic carbocycles. The number of benzene rings is 2. The number of hydrogen-bond donors (Lipinski definition) is 0. The Labute approximate surface area is 187 Å². The molecule has 0 unspecified atom stereocenters. The van der Waals surface area contributed by atoms with Crippen LogP contribution in [0.3, 0.4) is 0 Å². The third-order valence-electron chi connectivity index (χ3n) is 4.46. The van der Waals surface area contributed by atoms with Crippen LogP contribution in [0.4, 0.5) is 5.69 Å². The molecule has 7 heteroatoms. The van der Waals surface area contributed by atoms with Crippen molar-refractivity contribution in [2.24, 2.45) is 4.99 Å². The first-order chi connectivity index (χ1) is 15.1. The highest BCUT2D eigenvalue weighted by atomic mass is 32.2. The molecule has 1 saturated heterocycles. The number of carbonyl (C=O) groups is 1. The van der Waals surface area contributed by atoms with Crippen molar-refractivity contribution in [2.75, 3.05) is 26.4 Å². The molecule has 0 aliphatic carbocycles. The lowest BCUT2D eigenvalue weighted by atomic mass is 10.1. The minimum absolute atomic E-state index is 0.0616. The Kier molecular flexibility index (Phi) is 8.00. The molecule has 0 N–H and O–H groups in total. The Hall–Kier alpha value is -2.93. The second kappa shape index (κ2) is 10.9. The summed E-state index contributed by atoms with van der Waals surface area (Å²) in [5.74, 6) is 2.17. The summed E-state index contributed by atoms with van der Waals surface area (Å²) in [5, 5.41) is 0.659. The Balaban J connectivity index is 1.89. The molecule has 6 nitrogen and oxygen atoms in total. The van der Waals surface area contributed by atoms with E-state index in [4.69, 9.17) is 14.2 Å². The van der Waals surface area contributed by atoms with Crippen LogP contribution in [0, 0.1) is 0 Å². The van der Waals surface area contributed by atoms with Gasteiger partial charge >= 0.3 is 0 Å². The fourth-order valence-corrected chi connectivity index (χ4v) is 4.13. The van der Waals surface area contributed by atoms with Gasteiger partial charge in [-0.3, -0.25) is 9.69 Å². The molecular formula is C24H28N2O4S. The van der Waals surface area contributed by atoms with E-state index in [1.807, 2.05) is 76.2 Å². The summed E-state index contributed by atoms with van der Waals surface area (Å²) in [6, 6.07) is 13.2. The highest BCUT2D eigenvalue weighted by Gasteiger charge is 2.32. The number of nitrogens with zero attached hydrogens (tertiary/aromatic N) is 2. The predicted molar refractivity (Wildman–Crippen MR) is 126 cm³/mol. The predicted octanol–water partition coefficient (Wildman–Crippen LogP) is 5.51. The average Bonchev–Trinajstić information content (AvgIpc) is 3.06. The van der Waals surface area contributed by atoms with Crippen LogP contribution >= 0.6 is 11.8 Å². The van der Waals surface area contributed by atoms with Crippen molar-refractivity contribution in [3.63, 3.8) is 0 Å². The third kappa shape index (κ3) is 5.61. The molecular weight excluding hydrogens is 412 g/mol. The standard InChI is InChI=1S/C24H28N2O4S/c1-5-26-23(27)22(15-17-9-12-20(29-7-3)16-21(17)30-8-4)31-24(26)25-18-10-13-19(14-11-18)28-6-2/h9-16H,5-8H2,1-4H3/b22-15-,25-24?. The second-order valence-electron chi connectivity index (χ2n) is 6.55. The van der Waals surface area contributed by atoms with Crippen molar-refractivity contribution in [1.82, 2.24) is 4.90 Å². The van der Waals surface area contributed by atoms with E-state index in [-0.39, 0.29) is 5.91 Å². The average molecular weight is 441 g/mol. The quantitative estimate of drug-likeness (QED) is 0.482. The van der Waals surface area contributed by atoms with E-state index in [0.717, 1.165) is 22.7 Å². The lowest BCUT2D eigenvalue weighted by Gasteiger charge is -2.12. The van der Waals surface area contributed by atoms with Gasteiger partial charge in [0.1, 0.15) is 17.2 Å². The van der Waals surface area contributed by atoms with E-state index in [0.29, 0.717) is 42.2 Å². The number of ether oxygens (including phenoxy) is 3. The van der Waals surface area contributed by atoms with E-state index in [2.05, 4.69) is 4.99 Å². The number of amidine groups is 1. The van der Waals surface area contributed by atoms with Crippen molar-refractivity contribution in [3.8, 4) is 17.2 Å². The topological polar surface area (TPSA) is 60.4 Å². The lowest BCUT2D eigenvalue weighted by molar-refractivity contribution is -0.122. The van der Waals surface area contributed by atoms with Gasteiger partial charge in [0.25, 0.3) is 5.91 Å². The van der Waals surface area contributed by atoms with Crippen LogP contribution in [0.15, 0.2) is 52.4 Å². The lowest BCUT2D eigenvalue weighted by Crippen LogP contribution is -2.28. The van der Waals surface area contributed by atoms with Gasteiger partial charge < -0.3 is 14.2 Å². The van der Waals surface area contributed by atoms with Crippen LogP contribution in [0.1, 0.15) is 33.3 Å². The zero-order valence-electron chi connectivity index (χ0n) is 18.4. The van der Waals surface area contributed by atoms with Gasteiger partial charge in [-0.1, -0.05) is 0 Å². The Morgan fingerprint density at radius 3 is 2.19 bits per heavy atom. The van der Waals surface area contributed by atoms with E-state index in [9.17, 15) is 4.79 Å². The summed E-state index contributed by atoms with van der Waals surface area (Å²) in [5.41, 5.74) is 1.61. The highest BCUT2D eigenvalue weighted by molar-refractivity contribution is 8.18. The molecule has 0 bridgehead atoms. The fraction of sp³-hybridized carbons (Fsp3) is 0.333. The maximum Gasteiger partial charge on any atom is 0.266 e. The van der Waals surface area contributed by atoms with Crippen LogP contribution in [0.2, 0.25) is 0 Å². The molecule has 1 heterocycles. The van der Waals surface area contributed by atoms with Crippen LogP contribution in [-0.4, -0.2) is 42.3 Å². The molecule has 2 aromatic rings. The number of hydrogen-bond acceptors (Lipinski definition) is 6. The van der Waals surface area contributed by atoms with Gasteiger partial charge in [0.15, 0.2) is 5.17 Å². The molecule has 1 aliphatic heterocycles. The molecule has 1 aliphatic rings. The minimum Gasteiger partial charge on any atom is -0.494 e. The van der Waals surface area contributed by atoms with Gasteiger partial charge in [-0.25, -0.2) is 4.99 Å². The molecule has 1 fully saturated rings. The largest absolute Gasteiger partial charge is 0.494 e. The Morgan fingerprint density at radius 2 is 1.55 bits per heavy atom. The molecule has 0 atom stereocenters. The van der Waals surface area contributed by atoms with E-state index < -0.39 is 0 Å². The fourth-order valence-electron chi connectivity index (χ4n) is 3.08. The summed E-state index contributed by atoms with van der Waals surface area (Å²) in [4.78, 5) is 20.0. The van der Waals surface area contributed by atoms with Gasteiger partial charge in [-0.05, 0) is 81.9 Å². The van der Waals surface area contributed by atoms with Crippen molar-refractivity contribution in [1.29, 1.82) is 0 Å². The third-order valence-corrected chi connectivity index (χ3v) is 5.47. The number of thioether (sulfide) groups is 1. The van der Waals surface area contributed by atoms with Crippen molar-refractivity contribution >= 4 is 34.6 Å². The van der Waals surface area contributed by atoms with Crippen molar-refractivity contribution in [3.05, 3.63) is 52.9 Å². The van der Waals surface area contributed by atoms with E-state index >= 15 is 0 Å². The Morgan fingerprint density at radius 1 is 0.903 bits per heavy atom. The number of likely N-dealkylation sites (N-methyl/N-ethyl adjacent to an activating group) is 1. The van der Waals surface area contributed by atoms with Crippen LogP contribution in [0.5, 0.6) is 17.2 Å². The zero-order chi connectivity index (χ0) is 22.2. The SMILES string of the molecule is CCOc1ccc(N=C2S/C(=C\c3ccc(OCC)cc3OCC)C(=O)N2CC)cc1. The van der Waals surface area contributed by atoms with Gasteiger partial charge in [-0.15, -0.1) is 0 Å². The molecule has 3 rings (SSSR count). The van der Waals surface area contributed by atoms with Crippen molar-refractivity contribution in [2.45, 2.75) is 27.7 Å². The van der Waals surface area contributed by atoms with Gasteiger partial charge in [0.05, 0.1) is 30.4 Å². The van der Waals surface area contributed by atoms with Crippen molar-refractivity contribution < 1.29 is 19.0 Å². The smallest absolute Gasteiger partial charge is 0.266 e. The summed E-state index contributed by atoms with van der Waals surface area (Å²) in [6.45, 7) is 10.0. The van der Waals surface area contributed by atoms with Gasteiger partial charge in [-0.2, -0.15) is 0 Å². The molecule has 0 aromatic heterocycles. The van der Waals surface area contributed by atoms with Gasteiger partial charge in [0.2, 0.25) is 0 Å². The zero-order valence-corrected chi connectivity index (χ0v) is 19.2. The second-order valence-corrected chi connectivity index (χ2v) is 7.56. The summed E-state index contributed by atoms with van der Waals surface area (Å²) >= 11 is 1.37. The van der Waals surface area contributed by atoms with Crippen LogP contribution in [-0.2, 0) is 4.79 Å². The van der Waals surface area contributed by atoms with E-state index in [1.54, 1.807) is 4.90 Å². The normalized spacial score (nSPS) is 16.3. The van der Waals surface area contributed by atoms with Gasteiger partial charge in [0, 0.05) is 18.2 Å². The monoisotopic (exact) mass is 440 g/mol. The first-order valence-electron chi connectivity index (χ1n) is 10.5. The maximum atomic E-state index is 13.0. The minimum atomic E-state index is -0.0616. The molecule has 164 valence electrons. The number of amides is 1. The number of rotatable bonds is 9. The first kappa shape index (κ1) is 22.7. The maximum absolute atomic E-state index is 13.0. The molecule has 0 radical (unpaired) electrons. The first-order valence-corrected chi connectivity index (χ1v) is 11.3. The summed E-state index contributed by atoms with van der Waals surface area (Å²) < 4.78 is 16.8. The molecule has 31 heavy (non-hydrogen) atoms. The Bertz CT molecular complexity index is 970. The van der Waals surface area contributed by atoms with E-state index in [1.165, 1.54) is 11.8 Å². The van der Waals surface area contributed by atoms with Crippen LogP contribution in [0.25, 0.3) is 6.08 Å². The van der Waals surface area contributed by atoms with Crippen LogP contribution < -0.4 is 14.2 Å². The molecule has 1 amide bonds. The number of aliphatic imine (C=N–C) groups is 1. The molecule has 0 spiro atoms. The number of carbonyl (C=O) groups excluding carboxylic acids is 1. The highest BCUT2D eigenvalue weighted by Crippen LogP contribution is 2.36. The summed E-state index contributed by atoms with van der Waals surface area (Å²) in [7, 11) is 0.